The Morgan fingerprint density at radius 1 is 1.25 bits per heavy atom. The van der Waals surface area contributed by atoms with E-state index in [1.807, 2.05) is 0 Å². The standard InChI is InChI=1S/C14H30N2/c1-11(2)14(5,6)10-16-8-7-13(9-16)15-12(3)4/h11-13,15H,7-10H2,1-6H3. The second-order valence-electron chi connectivity index (χ2n) is 6.69. The highest BCUT2D eigenvalue weighted by molar-refractivity contribution is 4.86. The van der Waals surface area contributed by atoms with Crippen molar-refractivity contribution in [2.24, 2.45) is 11.3 Å². The maximum atomic E-state index is 3.64. The summed E-state index contributed by atoms with van der Waals surface area (Å²) in [5.74, 6) is 0.754. The Bertz CT molecular complexity index is 209. The van der Waals surface area contributed by atoms with Gasteiger partial charge < -0.3 is 10.2 Å². The minimum atomic E-state index is 0.437. The van der Waals surface area contributed by atoms with E-state index in [0.29, 0.717) is 17.5 Å². The van der Waals surface area contributed by atoms with Crippen molar-refractivity contribution < 1.29 is 0 Å². The van der Waals surface area contributed by atoms with Gasteiger partial charge in [0, 0.05) is 25.2 Å². The summed E-state index contributed by atoms with van der Waals surface area (Å²) in [6, 6.07) is 1.33. The normalized spacial score (nSPS) is 23.6. The molecule has 0 aromatic carbocycles. The number of nitrogens with one attached hydrogen (secondary N) is 1. The zero-order chi connectivity index (χ0) is 12.3. The van der Waals surface area contributed by atoms with Crippen LogP contribution >= 0.6 is 0 Å². The SMILES string of the molecule is CC(C)NC1CCN(CC(C)(C)C(C)C)C1. The molecule has 0 saturated carbocycles. The van der Waals surface area contributed by atoms with Gasteiger partial charge in [0.15, 0.2) is 0 Å². The summed E-state index contributed by atoms with van der Waals surface area (Å²) in [5.41, 5.74) is 0.437. The molecule has 0 amide bonds. The molecule has 0 aliphatic carbocycles. The first-order valence-electron chi connectivity index (χ1n) is 6.79. The number of rotatable bonds is 5. The maximum absolute atomic E-state index is 3.64. The molecular formula is C14H30N2. The van der Waals surface area contributed by atoms with E-state index in [1.54, 1.807) is 0 Å². The molecule has 0 aromatic heterocycles. The van der Waals surface area contributed by atoms with Crippen molar-refractivity contribution in [1.82, 2.24) is 10.2 Å². The molecule has 0 bridgehead atoms. The first-order chi connectivity index (χ1) is 7.31. The van der Waals surface area contributed by atoms with Crippen LogP contribution in [0.1, 0.15) is 48.0 Å². The average Bonchev–Trinajstić information content (AvgIpc) is 2.50. The van der Waals surface area contributed by atoms with Gasteiger partial charge in [-0.1, -0.05) is 41.5 Å². The fourth-order valence-corrected chi connectivity index (χ4v) is 2.34. The van der Waals surface area contributed by atoms with Gasteiger partial charge in [-0.3, -0.25) is 0 Å². The maximum Gasteiger partial charge on any atom is 0.0209 e. The zero-order valence-electron chi connectivity index (χ0n) is 12.0. The molecular weight excluding hydrogens is 196 g/mol. The predicted molar refractivity (Wildman–Crippen MR) is 71.7 cm³/mol. The summed E-state index contributed by atoms with van der Waals surface area (Å²) < 4.78 is 0. The average molecular weight is 226 g/mol. The Morgan fingerprint density at radius 2 is 1.88 bits per heavy atom. The molecule has 2 nitrogen and oxygen atoms in total. The van der Waals surface area contributed by atoms with Gasteiger partial charge in [0.25, 0.3) is 0 Å². The fraction of sp³-hybridized carbons (Fsp3) is 1.00. The van der Waals surface area contributed by atoms with Crippen LogP contribution in [-0.2, 0) is 0 Å². The van der Waals surface area contributed by atoms with Crippen LogP contribution in [0.25, 0.3) is 0 Å². The van der Waals surface area contributed by atoms with Crippen LogP contribution in [-0.4, -0.2) is 36.6 Å². The van der Waals surface area contributed by atoms with Crippen LogP contribution in [0.2, 0.25) is 0 Å². The van der Waals surface area contributed by atoms with Crippen molar-refractivity contribution in [1.29, 1.82) is 0 Å². The zero-order valence-corrected chi connectivity index (χ0v) is 12.0. The van der Waals surface area contributed by atoms with E-state index in [0.717, 1.165) is 5.92 Å². The van der Waals surface area contributed by atoms with Crippen molar-refractivity contribution in [3.63, 3.8) is 0 Å². The van der Waals surface area contributed by atoms with Gasteiger partial charge in [-0.15, -0.1) is 0 Å². The van der Waals surface area contributed by atoms with E-state index < -0.39 is 0 Å². The van der Waals surface area contributed by atoms with E-state index in [4.69, 9.17) is 0 Å². The van der Waals surface area contributed by atoms with Crippen LogP contribution in [0.3, 0.4) is 0 Å². The highest BCUT2D eigenvalue weighted by Gasteiger charge is 2.29. The van der Waals surface area contributed by atoms with E-state index in [9.17, 15) is 0 Å². The summed E-state index contributed by atoms with van der Waals surface area (Å²) in [5, 5.41) is 3.64. The van der Waals surface area contributed by atoms with Gasteiger partial charge in [-0.2, -0.15) is 0 Å². The van der Waals surface area contributed by atoms with Gasteiger partial charge in [-0.25, -0.2) is 0 Å². The molecule has 1 heterocycles. The lowest BCUT2D eigenvalue weighted by Gasteiger charge is -2.34. The second-order valence-corrected chi connectivity index (χ2v) is 6.69. The van der Waals surface area contributed by atoms with Crippen molar-refractivity contribution in [3.8, 4) is 0 Å². The Morgan fingerprint density at radius 3 is 2.38 bits per heavy atom. The van der Waals surface area contributed by atoms with Crippen molar-refractivity contribution in [2.45, 2.75) is 60.0 Å². The third kappa shape index (κ3) is 4.06. The minimum Gasteiger partial charge on any atom is -0.310 e. The van der Waals surface area contributed by atoms with Crippen molar-refractivity contribution in [2.75, 3.05) is 19.6 Å². The molecule has 1 N–H and O–H groups in total. The molecule has 1 fully saturated rings. The predicted octanol–water partition coefficient (Wildman–Crippen LogP) is 2.74. The quantitative estimate of drug-likeness (QED) is 0.775. The van der Waals surface area contributed by atoms with Crippen LogP contribution in [0.4, 0.5) is 0 Å². The molecule has 1 atom stereocenters. The molecule has 1 aliphatic rings. The smallest absolute Gasteiger partial charge is 0.0209 e. The molecule has 1 saturated heterocycles. The lowest BCUT2D eigenvalue weighted by Crippen LogP contribution is -2.40. The summed E-state index contributed by atoms with van der Waals surface area (Å²) in [6.45, 7) is 17.7. The van der Waals surface area contributed by atoms with Gasteiger partial charge in [0.05, 0.1) is 0 Å². The van der Waals surface area contributed by atoms with E-state index in [-0.39, 0.29) is 0 Å². The van der Waals surface area contributed by atoms with Crippen LogP contribution in [0.5, 0.6) is 0 Å². The van der Waals surface area contributed by atoms with Crippen LogP contribution in [0, 0.1) is 11.3 Å². The molecule has 0 aromatic rings. The van der Waals surface area contributed by atoms with Gasteiger partial charge >= 0.3 is 0 Å². The van der Waals surface area contributed by atoms with E-state index in [2.05, 4.69) is 51.8 Å². The third-order valence-corrected chi connectivity index (χ3v) is 4.04. The molecule has 16 heavy (non-hydrogen) atoms. The van der Waals surface area contributed by atoms with E-state index in [1.165, 1.54) is 26.1 Å². The number of nitrogens with zero attached hydrogens (tertiary/aromatic N) is 1. The first-order valence-corrected chi connectivity index (χ1v) is 6.79. The first kappa shape index (κ1) is 14.0. The molecule has 96 valence electrons. The van der Waals surface area contributed by atoms with Crippen molar-refractivity contribution in [3.05, 3.63) is 0 Å². The lowest BCUT2D eigenvalue weighted by atomic mass is 9.81. The summed E-state index contributed by atoms with van der Waals surface area (Å²) >= 11 is 0. The topological polar surface area (TPSA) is 15.3 Å². The van der Waals surface area contributed by atoms with Crippen molar-refractivity contribution >= 4 is 0 Å². The Kier molecular flexibility index (Phi) is 4.81. The molecule has 1 aliphatic heterocycles. The number of hydrogen-bond donors (Lipinski definition) is 1. The largest absolute Gasteiger partial charge is 0.310 e. The second kappa shape index (κ2) is 5.50. The van der Waals surface area contributed by atoms with Gasteiger partial charge in [0.1, 0.15) is 0 Å². The number of hydrogen-bond acceptors (Lipinski definition) is 2. The van der Waals surface area contributed by atoms with Gasteiger partial charge in [-0.05, 0) is 24.3 Å². The molecule has 0 spiro atoms. The van der Waals surface area contributed by atoms with Crippen LogP contribution in [0.15, 0.2) is 0 Å². The third-order valence-electron chi connectivity index (χ3n) is 4.04. The molecule has 0 radical (unpaired) electrons. The summed E-state index contributed by atoms with van der Waals surface area (Å²) in [4.78, 5) is 2.63. The van der Waals surface area contributed by atoms with Gasteiger partial charge in [0.2, 0.25) is 0 Å². The summed E-state index contributed by atoms with van der Waals surface area (Å²) in [6.07, 6.45) is 1.31. The van der Waals surface area contributed by atoms with Crippen LogP contribution < -0.4 is 5.32 Å². The highest BCUT2D eigenvalue weighted by atomic mass is 15.2. The monoisotopic (exact) mass is 226 g/mol. The highest BCUT2D eigenvalue weighted by Crippen LogP contribution is 2.28. The van der Waals surface area contributed by atoms with E-state index >= 15 is 0 Å². The Hall–Kier alpha value is -0.0800. The minimum absolute atomic E-state index is 0.437. The molecule has 2 heteroatoms. The number of likely N-dealkylation sites (tertiary alicyclic amines) is 1. The Labute approximate surface area is 102 Å². The Balaban J connectivity index is 2.36. The molecule has 1 unspecified atom stereocenters. The lowest BCUT2D eigenvalue weighted by molar-refractivity contribution is 0.152. The fourth-order valence-electron chi connectivity index (χ4n) is 2.34. The summed E-state index contributed by atoms with van der Waals surface area (Å²) in [7, 11) is 0. The molecule has 1 rings (SSSR count).